The highest BCUT2D eigenvalue weighted by Gasteiger charge is 2.02. The van der Waals surface area contributed by atoms with Crippen molar-refractivity contribution in [2.24, 2.45) is 5.73 Å². The smallest absolute Gasteiger partial charge is 0.319 e. The molecule has 1 aromatic carbocycles. The van der Waals surface area contributed by atoms with Crippen molar-refractivity contribution in [3.05, 3.63) is 24.3 Å². The van der Waals surface area contributed by atoms with Gasteiger partial charge in [0.2, 0.25) is 0 Å². The Labute approximate surface area is 106 Å². The summed E-state index contributed by atoms with van der Waals surface area (Å²) in [6.07, 6.45) is 1.14. The molecule has 0 saturated carbocycles. The van der Waals surface area contributed by atoms with E-state index in [1.54, 1.807) is 31.4 Å². The maximum absolute atomic E-state index is 11.5. The van der Waals surface area contributed by atoms with Crippen molar-refractivity contribution in [3.63, 3.8) is 0 Å². The largest absolute Gasteiger partial charge is 0.497 e. The van der Waals surface area contributed by atoms with E-state index in [4.69, 9.17) is 15.9 Å². The van der Waals surface area contributed by atoms with Gasteiger partial charge in [0.15, 0.2) is 0 Å². The van der Waals surface area contributed by atoms with E-state index in [0.29, 0.717) is 30.8 Å². The summed E-state index contributed by atoms with van der Waals surface area (Å²) in [5.41, 5.74) is 5.87. The van der Waals surface area contributed by atoms with E-state index >= 15 is 0 Å². The Hall–Kier alpha value is -2.24. The molecule has 1 aromatic rings. The predicted molar refractivity (Wildman–Crippen MR) is 71.2 cm³/mol. The summed E-state index contributed by atoms with van der Waals surface area (Å²) in [6.45, 7) is 0.482. The van der Waals surface area contributed by atoms with Gasteiger partial charge in [-0.25, -0.2) is 4.79 Å². The Morgan fingerprint density at radius 3 is 2.94 bits per heavy atom. The van der Waals surface area contributed by atoms with Crippen LogP contribution in [0.2, 0.25) is 0 Å². The Balaban J connectivity index is 2.33. The topological polar surface area (TPSA) is 100 Å². The van der Waals surface area contributed by atoms with Crippen LogP contribution in [0, 0.1) is 5.41 Å². The Morgan fingerprint density at radius 2 is 2.28 bits per heavy atom. The van der Waals surface area contributed by atoms with E-state index in [1.807, 2.05) is 0 Å². The summed E-state index contributed by atoms with van der Waals surface area (Å²) in [5.74, 6) is 0.814. The molecule has 6 nitrogen and oxygen atoms in total. The third-order valence-electron chi connectivity index (χ3n) is 2.24. The van der Waals surface area contributed by atoms with Gasteiger partial charge < -0.3 is 21.1 Å². The van der Waals surface area contributed by atoms with E-state index < -0.39 is 0 Å². The van der Waals surface area contributed by atoms with E-state index in [1.165, 1.54) is 0 Å². The van der Waals surface area contributed by atoms with Gasteiger partial charge in [-0.05, 0) is 18.6 Å². The number of benzene rings is 1. The summed E-state index contributed by atoms with van der Waals surface area (Å²) >= 11 is 0. The molecule has 0 aromatic heterocycles. The molecule has 1 rings (SSSR count). The lowest BCUT2D eigenvalue weighted by Gasteiger charge is -2.08. The zero-order chi connectivity index (χ0) is 13.4. The lowest BCUT2D eigenvalue weighted by molar-refractivity contribution is 0.252. The van der Waals surface area contributed by atoms with Crippen LogP contribution in [0.3, 0.4) is 0 Å². The second-order valence-electron chi connectivity index (χ2n) is 3.74. The van der Waals surface area contributed by atoms with Crippen molar-refractivity contribution >= 4 is 17.6 Å². The van der Waals surface area contributed by atoms with Crippen LogP contribution in [0.1, 0.15) is 12.8 Å². The number of rotatable bonds is 6. The van der Waals surface area contributed by atoms with Crippen molar-refractivity contribution in [1.82, 2.24) is 5.32 Å². The quantitative estimate of drug-likeness (QED) is 0.350. The van der Waals surface area contributed by atoms with Crippen molar-refractivity contribution in [1.29, 1.82) is 5.41 Å². The van der Waals surface area contributed by atoms with Crippen LogP contribution < -0.4 is 21.1 Å². The number of hydrogen-bond acceptors (Lipinski definition) is 3. The minimum absolute atomic E-state index is 0.130. The highest BCUT2D eigenvalue weighted by atomic mass is 16.5. The lowest BCUT2D eigenvalue weighted by atomic mass is 10.3. The number of ether oxygens (including phenoxy) is 1. The van der Waals surface area contributed by atoms with E-state index in [0.717, 1.165) is 0 Å². The molecule has 2 amide bonds. The van der Waals surface area contributed by atoms with Gasteiger partial charge in [0, 0.05) is 24.7 Å². The Bertz CT molecular complexity index is 420. The monoisotopic (exact) mass is 250 g/mol. The molecule has 5 N–H and O–H groups in total. The first-order chi connectivity index (χ1) is 8.61. The van der Waals surface area contributed by atoms with E-state index in [-0.39, 0.29) is 11.9 Å². The fourth-order valence-electron chi connectivity index (χ4n) is 1.36. The second-order valence-corrected chi connectivity index (χ2v) is 3.74. The van der Waals surface area contributed by atoms with Crippen LogP contribution >= 0.6 is 0 Å². The number of methoxy groups -OCH3 is 1. The van der Waals surface area contributed by atoms with Crippen LogP contribution in [0.4, 0.5) is 10.5 Å². The molecule has 18 heavy (non-hydrogen) atoms. The molecule has 0 saturated heterocycles. The molecule has 0 fully saturated rings. The van der Waals surface area contributed by atoms with Crippen LogP contribution in [0.5, 0.6) is 5.75 Å². The summed E-state index contributed by atoms with van der Waals surface area (Å²) < 4.78 is 5.05. The number of nitrogens with one attached hydrogen (secondary N) is 3. The number of nitrogens with two attached hydrogens (primary N) is 1. The van der Waals surface area contributed by atoms with Crippen LogP contribution in [-0.4, -0.2) is 25.5 Å². The van der Waals surface area contributed by atoms with Gasteiger partial charge in [0.25, 0.3) is 0 Å². The van der Waals surface area contributed by atoms with Crippen LogP contribution in [-0.2, 0) is 0 Å². The molecule has 0 aliphatic carbocycles. The fraction of sp³-hybridized carbons (Fsp3) is 0.333. The number of carbonyl (C=O) groups excluding carboxylic acids is 1. The summed E-state index contributed by atoms with van der Waals surface area (Å²) in [6, 6.07) is 6.82. The minimum atomic E-state index is -0.285. The van der Waals surface area contributed by atoms with E-state index in [2.05, 4.69) is 10.6 Å². The van der Waals surface area contributed by atoms with Crippen molar-refractivity contribution in [2.75, 3.05) is 19.0 Å². The maximum Gasteiger partial charge on any atom is 0.319 e. The average molecular weight is 250 g/mol. The van der Waals surface area contributed by atoms with Crippen LogP contribution in [0.15, 0.2) is 24.3 Å². The zero-order valence-corrected chi connectivity index (χ0v) is 10.3. The van der Waals surface area contributed by atoms with Gasteiger partial charge >= 0.3 is 6.03 Å². The first kappa shape index (κ1) is 13.8. The maximum atomic E-state index is 11.5. The zero-order valence-electron chi connectivity index (χ0n) is 10.3. The normalized spacial score (nSPS) is 9.61. The first-order valence-electron chi connectivity index (χ1n) is 5.63. The molecule has 0 unspecified atom stereocenters. The van der Waals surface area contributed by atoms with Gasteiger partial charge in [-0.15, -0.1) is 0 Å². The summed E-state index contributed by atoms with van der Waals surface area (Å²) in [5, 5.41) is 12.4. The summed E-state index contributed by atoms with van der Waals surface area (Å²) in [4.78, 5) is 11.5. The molecule has 0 spiro atoms. The van der Waals surface area contributed by atoms with Crippen LogP contribution in [0.25, 0.3) is 0 Å². The van der Waals surface area contributed by atoms with Gasteiger partial charge in [-0.3, -0.25) is 5.41 Å². The first-order valence-corrected chi connectivity index (χ1v) is 5.63. The fourth-order valence-corrected chi connectivity index (χ4v) is 1.36. The molecule has 6 heteroatoms. The predicted octanol–water partition coefficient (Wildman–Crippen LogP) is 1.53. The molecule has 0 bridgehead atoms. The van der Waals surface area contributed by atoms with Crippen molar-refractivity contribution in [2.45, 2.75) is 12.8 Å². The third kappa shape index (κ3) is 5.20. The minimum Gasteiger partial charge on any atom is -0.497 e. The van der Waals surface area contributed by atoms with E-state index in [9.17, 15) is 4.79 Å². The Morgan fingerprint density at radius 1 is 1.50 bits per heavy atom. The molecule has 0 atom stereocenters. The molecular weight excluding hydrogens is 232 g/mol. The highest BCUT2D eigenvalue weighted by Crippen LogP contribution is 2.16. The van der Waals surface area contributed by atoms with Crippen molar-refractivity contribution < 1.29 is 9.53 Å². The number of amidine groups is 1. The number of anilines is 1. The highest BCUT2D eigenvalue weighted by molar-refractivity contribution is 5.89. The molecular formula is C12H18N4O2. The van der Waals surface area contributed by atoms with Gasteiger partial charge in [0.1, 0.15) is 5.75 Å². The molecule has 0 aliphatic heterocycles. The number of carbonyl (C=O) groups is 1. The average Bonchev–Trinajstić information content (AvgIpc) is 2.34. The number of hydrogen-bond donors (Lipinski definition) is 4. The number of amides is 2. The van der Waals surface area contributed by atoms with Crippen molar-refractivity contribution in [3.8, 4) is 5.75 Å². The molecule has 0 heterocycles. The van der Waals surface area contributed by atoms with Gasteiger partial charge in [-0.2, -0.15) is 0 Å². The van der Waals surface area contributed by atoms with Gasteiger partial charge in [-0.1, -0.05) is 6.07 Å². The Kier molecular flexibility index (Phi) is 5.50. The molecule has 0 radical (unpaired) electrons. The van der Waals surface area contributed by atoms with Gasteiger partial charge in [0.05, 0.1) is 12.9 Å². The lowest BCUT2D eigenvalue weighted by Crippen LogP contribution is -2.30. The second kappa shape index (κ2) is 7.16. The number of urea groups is 1. The molecule has 0 aliphatic rings. The molecule has 98 valence electrons. The third-order valence-corrected chi connectivity index (χ3v) is 2.24. The summed E-state index contributed by atoms with van der Waals surface area (Å²) in [7, 11) is 1.57. The SMILES string of the molecule is COc1cccc(NC(=O)NCCCC(=N)N)c1. The standard InChI is InChI=1S/C12H18N4O2/c1-18-10-5-2-4-9(8-10)16-12(17)15-7-3-6-11(13)14/h2,4-5,8H,3,6-7H2,1H3,(H3,13,14)(H2,15,16,17).